The van der Waals surface area contributed by atoms with Gasteiger partial charge in [-0.2, -0.15) is 0 Å². The van der Waals surface area contributed by atoms with Crippen LogP contribution in [0.15, 0.2) is 72.9 Å². The molecule has 0 saturated heterocycles. The zero-order valence-corrected chi connectivity index (χ0v) is 19.1. The fraction of sp³-hybridized carbons (Fsp3) is 0.357. The molecule has 3 N–H and O–H groups in total. The second-order valence-electron chi connectivity index (χ2n) is 9.04. The number of aryl methyl sites for hydroxylation is 1. The van der Waals surface area contributed by atoms with E-state index in [0.29, 0.717) is 12.0 Å². The Hall–Kier alpha value is -3.02. The third-order valence-electron chi connectivity index (χ3n) is 6.74. The van der Waals surface area contributed by atoms with Crippen LogP contribution in [0.4, 0.5) is 0 Å². The number of imidazole rings is 1. The molecule has 0 radical (unpaired) electrons. The number of aromatic amines is 1. The summed E-state index contributed by atoms with van der Waals surface area (Å²) in [5.41, 5.74) is 6.21. The molecule has 2 atom stereocenters. The van der Waals surface area contributed by atoms with Gasteiger partial charge in [0.1, 0.15) is 5.82 Å². The van der Waals surface area contributed by atoms with Crippen molar-refractivity contribution < 1.29 is 0 Å². The van der Waals surface area contributed by atoms with Crippen molar-refractivity contribution in [3.63, 3.8) is 0 Å². The molecular formula is C28H33N5. The van der Waals surface area contributed by atoms with Crippen molar-refractivity contribution in [1.82, 2.24) is 25.6 Å². The minimum Gasteiger partial charge on any atom is -0.341 e. The van der Waals surface area contributed by atoms with Gasteiger partial charge < -0.3 is 15.6 Å². The Morgan fingerprint density at radius 3 is 2.76 bits per heavy atom. The van der Waals surface area contributed by atoms with Crippen molar-refractivity contribution in [1.29, 1.82) is 0 Å². The molecular weight excluding hydrogens is 406 g/mol. The summed E-state index contributed by atoms with van der Waals surface area (Å²) >= 11 is 0. The number of fused-ring (bicyclic) bond motifs is 2. The van der Waals surface area contributed by atoms with Crippen molar-refractivity contribution in [3.05, 3.63) is 95.6 Å². The molecule has 2 aromatic carbocycles. The number of hydrogen-bond acceptors (Lipinski definition) is 4. The van der Waals surface area contributed by atoms with Gasteiger partial charge in [-0.15, -0.1) is 0 Å². The van der Waals surface area contributed by atoms with Gasteiger partial charge in [-0.1, -0.05) is 48.5 Å². The molecule has 2 unspecified atom stereocenters. The molecule has 0 bridgehead atoms. The molecule has 0 aliphatic heterocycles. The first kappa shape index (κ1) is 21.8. The van der Waals surface area contributed by atoms with Crippen LogP contribution in [0.5, 0.6) is 0 Å². The smallest absolute Gasteiger partial charge is 0.121 e. The van der Waals surface area contributed by atoms with Crippen molar-refractivity contribution in [3.8, 4) is 0 Å². The van der Waals surface area contributed by atoms with Gasteiger partial charge in [-0.05, 0) is 68.0 Å². The summed E-state index contributed by atoms with van der Waals surface area (Å²) in [5, 5.41) is 7.46. The summed E-state index contributed by atoms with van der Waals surface area (Å²) in [6, 6.07) is 23.7. The van der Waals surface area contributed by atoms with E-state index in [0.717, 1.165) is 55.8 Å². The Morgan fingerprint density at radius 2 is 1.85 bits per heavy atom. The van der Waals surface area contributed by atoms with Crippen LogP contribution in [0, 0.1) is 0 Å². The van der Waals surface area contributed by atoms with Crippen LogP contribution >= 0.6 is 0 Å². The normalized spacial score (nSPS) is 16.5. The lowest BCUT2D eigenvalue weighted by Crippen LogP contribution is -2.37. The Bertz CT molecular complexity index is 1120. The summed E-state index contributed by atoms with van der Waals surface area (Å²) in [6.07, 6.45) is 7.82. The van der Waals surface area contributed by atoms with E-state index < -0.39 is 0 Å². The van der Waals surface area contributed by atoms with Gasteiger partial charge in [0, 0.05) is 30.4 Å². The quantitative estimate of drug-likeness (QED) is 0.301. The highest BCUT2D eigenvalue weighted by Gasteiger charge is 2.28. The van der Waals surface area contributed by atoms with Gasteiger partial charge in [0.25, 0.3) is 0 Å². The SMILES string of the molecule is c1ccc(CNC(CCCNCc2nc3ccccc3[nH]2)C2CCCc3cccnc32)cc1. The van der Waals surface area contributed by atoms with E-state index in [1.807, 2.05) is 24.4 Å². The lowest BCUT2D eigenvalue weighted by Gasteiger charge is -2.32. The maximum Gasteiger partial charge on any atom is 0.121 e. The second-order valence-corrected chi connectivity index (χ2v) is 9.04. The number of nitrogens with zero attached hydrogens (tertiary/aromatic N) is 2. The molecule has 0 amide bonds. The number of rotatable bonds is 10. The van der Waals surface area contributed by atoms with Crippen LogP contribution in [0.3, 0.4) is 0 Å². The Labute approximate surface area is 196 Å². The van der Waals surface area contributed by atoms with Gasteiger partial charge >= 0.3 is 0 Å². The van der Waals surface area contributed by atoms with Crippen molar-refractivity contribution in [2.75, 3.05) is 6.54 Å². The van der Waals surface area contributed by atoms with Crippen LogP contribution in [0.25, 0.3) is 11.0 Å². The molecule has 4 aromatic rings. The Kier molecular flexibility index (Phi) is 7.09. The molecule has 33 heavy (non-hydrogen) atoms. The molecule has 1 aliphatic rings. The van der Waals surface area contributed by atoms with E-state index in [4.69, 9.17) is 4.98 Å². The molecule has 170 valence electrons. The summed E-state index contributed by atoms with van der Waals surface area (Å²) in [4.78, 5) is 12.9. The lowest BCUT2D eigenvalue weighted by molar-refractivity contribution is 0.356. The van der Waals surface area contributed by atoms with E-state index >= 15 is 0 Å². The molecule has 0 spiro atoms. The van der Waals surface area contributed by atoms with Crippen LogP contribution in [0.1, 0.15) is 54.2 Å². The Morgan fingerprint density at radius 1 is 0.970 bits per heavy atom. The predicted octanol–water partition coefficient (Wildman–Crippen LogP) is 5.11. The molecule has 5 heteroatoms. The molecule has 5 nitrogen and oxygen atoms in total. The first-order chi connectivity index (χ1) is 16.4. The number of aromatic nitrogens is 3. The molecule has 2 heterocycles. The average molecular weight is 440 g/mol. The fourth-order valence-electron chi connectivity index (χ4n) is 5.07. The number of benzene rings is 2. The monoisotopic (exact) mass is 439 g/mol. The van der Waals surface area contributed by atoms with Crippen molar-refractivity contribution in [2.24, 2.45) is 0 Å². The zero-order chi connectivity index (χ0) is 22.3. The molecule has 0 saturated carbocycles. The van der Waals surface area contributed by atoms with Gasteiger partial charge in [-0.3, -0.25) is 4.98 Å². The second kappa shape index (κ2) is 10.7. The lowest BCUT2D eigenvalue weighted by atomic mass is 9.80. The first-order valence-electron chi connectivity index (χ1n) is 12.2. The molecule has 5 rings (SSSR count). The third-order valence-corrected chi connectivity index (χ3v) is 6.74. The van der Waals surface area contributed by atoms with Crippen molar-refractivity contribution >= 4 is 11.0 Å². The maximum atomic E-state index is 4.81. The summed E-state index contributed by atoms with van der Waals surface area (Å²) in [5.74, 6) is 1.48. The highest BCUT2D eigenvalue weighted by Crippen LogP contribution is 2.34. The maximum absolute atomic E-state index is 4.81. The number of nitrogens with one attached hydrogen (secondary N) is 3. The largest absolute Gasteiger partial charge is 0.341 e. The van der Waals surface area contributed by atoms with Gasteiger partial charge in [0.2, 0.25) is 0 Å². The summed E-state index contributed by atoms with van der Waals surface area (Å²) in [7, 11) is 0. The van der Waals surface area contributed by atoms with Crippen LogP contribution in [0.2, 0.25) is 0 Å². The van der Waals surface area contributed by atoms with E-state index in [-0.39, 0.29) is 0 Å². The van der Waals surface area contributed by atoms with E-state index in [9.17, 15) is 0 Å². The number of para-hydroxylation sites is 2. The third kappa shape index (κ3) is 5.49. The predicted molar refractivity (Wildman–Crippen MR) is 134 cm³/mol. The summed E-state index contributed by atoms with van der Waals surface area (Å²) < 4.78 is 0. The highest BCUT2D eigenvalue weighted by atomic mass is 15.0. The van der Waals surface area contributed by atoms with Crippen LogP contribution < -0.4 is 10.6 Å². The van der Waals surface area contributed by atoms with Crippen LogP contribution in [-0.4, -0.2) is 27.5 Å². The minimum atomic E-state index is 0.423. The minimum absolute atomic E-state index is 0.423. The number of H-pyrrole nitrogens is 1. The molecule has 0 fully saturated rings. The molecule has 2 aromatic heterocycles. The van der Waals surface area contributed by atoms with Crippen molar-refractivity contribution in [2.45, 2.75) is 57.2 Å². The fourth-order valence-corrected chi connectivity index (χ4v) is 5.07. The summed E-state index contributed by atoms with van der Waals surface area (Å²) in [6.45, 7) is 2.64. The van der Waals surface area contributed by atoms with E-state index in [1.54, 1.807) is 0 Å². The average Bonchev–Trinajstić information content (AvgIpc) is 3.29. The topological polar surface area (TPSA) is 65.6 Å². The standard InChI is InChI=1S/C28H33N5/c1-2-9-21(10-3-1)19-31-24(23-13-6-11-22-12-7-18-30-28(22)23)16-8-17-29-20-27-32-25-14-4-5-15-26(25)33-27/h1-5,7,9-10,12,14-15,18,23-24,29,31H,6,8,11,13,16-17,19-20H2,(H,32,33). The van der Waals surface area contributed by atoms with E-state index in [2.05, 4.69) is 69.1 Å². The number of hydrogen-bond donors (Lipinski definition) is 3. The Balaban J connectivity index is 1.19. The van der Waals surface area contributed by atoms with Crippen LogP contribution in [-0.2, 0) is 19.5 Å². The first-order valence-corrected chi connectivity index (χ1v) is 12.2. The van der Waals surface area contributed by atoms with E-state index in [1.165, 1.54) is 29.7 Å². The van der Waals surface area contributed by atoms with Gasteiger partial charge in [0.05, 0.1) is 17.6 Å². The van der Waals surface area contributed by atoms with Gasteiger partial charge in [0.15, 0.2) is 0 Å². The molecule has 1 aliphatic carbocycles. The zero-order valence-electron chi connectivity index (χ0n) is 19.1. The van der Waals surface area contributed by atoms with Gasteiger partial charge in [-0.25, -0.2) is 4.98 Å². The number of pyridine rings is 1. The highest BCUT2D eigenvalue weighted by molar-refractivity contribution is 5.74.